The molecule has 2 heterocycles. The van der Waals surface area contributed by atoms with E-state index in [2.05, 4.69) is 10.3 Å². The molecule has 3 rings (SSSR count). The van der Waals surface area contributed by atoms with Gasteiger partial charge in [-0.2, -0.15) is 0 Å². The van der Waals surface area contributed by atoms with Gasteiger partial charge >= 0.3 is 0 Å². The Morgan fingerprint density at radius 3 is 2.86 bits per heavy atom. The lowest BCUT2D eigenvalue weighted by Crippen LogP contribution is -2.42. The van der Waals surface area contributed by atoms with Crippen LogP contribution < -0.4 is 16.0 Å². The smallest absolute Gasteiger partial charge is 0.279 e. The maximum atomic E-state index is 12.6. The third-order valence-corrected chi connectivity index (χ3v) is 3.39. The number of anilines is 3. The molecule has 2 amide bonds. The number of nitrogen functional groups attached to an aromatic ring is 1. The van der Waals surface area contributed by atoms with Crippen molar-refractivity contribution in [3.05, 3.63) is 47.1 Å². The van der Waals surface area contributed by atoms with E-state index in [0.717, 1.165) is 0 Å². The van der Waals surface area contributed by atoms with E-state index >= 15 is 0 Å². The summed E-state index contributed by atoms with van der Waals surface area (Å²) in [4.78, 5) is 29.7. The van der Waals surface area contributed by atoms with Crippen molar-refractivity contribution in [2.24, 2.45) is 0 Å². The maximum Gasteiger partial charge on any atom is 0.279 e. The van der Waals surface area contributed by atoms with Crippen LogP contribution >= 0.6 is 11.6 Å². The lowest BCUT2D eigenvalue weighted by Gasteiger charge is -2.29. The first-order valence-corrected chi connectivity index (χ1v) is 6.57. The van der Waals surface area contributed by atoms with Gasteiger partial charge in [-0.3, -0.25) is 14.5 Å². The highest BCUT2D eigenvalue weighted by Crippen LogP contribution is 2.30. The summed E-state index contributed by atoms with van der Waals surface area (Å²) in [6.07, 6.45) is 0. The Morgan fingerprint density at radius 1 is 1.29 bits per heavy atom. The fraction of sp³-hybridized carbons (Fsp3) is 0.0714. The zero-order valence-corrected chi connectivity index (χ0v) is 11.6. The third-order valence-electron chi connectivity index (χ3n) is 3.09. The molecule has 3 N–H and O–H groups in total. The number of carbonyl (C=O) groups excluding carboxylic acids is 2. The zero-order valence-electron chi connectivity index (χ0n) is 10.8. The lowest BCUT2D eigenvalue weighted by molar-refractivity contribution is -0.115. The zero-order chi connectivity index (χ0) is 15.0. The van der Waals surface area contributed by atoms with Crippen molar-refractivity contribution < 1.29 is 9.59 Å². The topological polar surface area (TPSA) is 88.3 Å². The summed E-state index contributed by atoms with van der Waals surface area (Å²) in [6.45, 7) is -0.0946. The van der Waals surface area contributed by atoms with Crippen LogP contribution in [-0.4, -0.2) is 23.3 Å². The van der Waals surface area contributed by atoms with Crippen LogP contribution in [0.25, 0.3) is 0 Å². The molecule has 6 nitrogen and oxygen atoms in total. The van der Waals surface area contributed by atoms with E-state index in [0.29, 0.717) is 11.4 Å². The fourth-order valence-corrected chi connectivity index (χ4v) is 2.34. The van der Waals surface area contributed by atoms with Gasteiger partial charge in [0.25, 0.3) is 5.91 Å². The van der Waals surface area contributed by atoms with E-state index in [4.69, 9.17) is 17.3 Å². The van der Waals surface area contributed by atoms with E-state index < -0.39 is 5.91 Å². The molecule has 0 spiro atoms. The van der Waals surface area contributed by atoms with Crippen LogP contribution in [-0.2, 0) is 4.79 Å². The lowest BCUT2D eigenvalue weighted by atomic mass is 10.1. The van der Waals surface area contributed by atoms with Gasteiger partial charge in [-0.1, -0.05) is 23.7 Å². The highest BCUT2D eigenvalue weighted by molar-refractivity contribution is 6.34. The quantitative estimate of drug-likeness (QED) is 0.842. The molecule has 21 heavy (non-hydrogen) atoms. The predicted octanol–water partition coefficient (Wildman–Crippen LogP) is 1.92. The monoisotopic (exact) mass is 302 g/mol. The van der Waals surface area contributed by atoms with E-state index in [-0.39, 0.29) is 29.0 Å². The van der Waals surface area contributed by atoms with Gasteiger partial charge in [-0.05, 0) is 24.3 Å². The summed E-state index contributed by atoms with van der Waals surface area (Å²) in [5.41, 5.74) is 6.80. The second-order valence-electron chi connectivity index (χ2n) is 4.52. The number of benzene rings is 1. The van der Waals surface area contributed by atoms with Crippen molar-refractivity contribution in [1.29, 1.82) is 0 Å². The average Bonchev–Trinajstić information content (AvgIpc) is 2.48. The molecule has 0 unspecified atom stereocenters. The number of fused-ring (bicyclic) bond motifs is 1. The molecule has 0 saturated heterocycles. The standard InChI is InChI=1S/C14H11ClN4O2/c15-8-5-6-11(16)18-13(8)14(21)19-7-12(20)17-9-3-1-2-4-10(9)19/h1-6H,7H2,(H2,16,18)(H,17,20). The van der Waals surface area contributed by atoms with Crippen LogP contribution in [0.1, 0.15) is 10.5 Å². The molecule has 1 aromatic carbocycles. The van der Waals surface area contributed by atoms with Crippen LogP contribution in [0.3, 0.4) is 0 Å². The minimum Gasteiger partial charge on any atom is -0.384 e. The van der Waals surface area contributed by atoms with Gasteiger partial charge in [-0.15, -0.1) is 0 Å². The number of nitrogens with two attached hydrogens (primary N) is 1. The number of pyridine rings is 1. The van der Waals surface area contributed by atoms with Crippen LogP contribution in [0.15, 0.2) is 36.4 Å². The molecule has 0 radical (unpaired) electrons. The summed E-state index contributed by atoms with van der Waals surface area (Å²) < 4.78 is 0. The first kappa shape index (κ1) is 13.4. The average molecular weight is 303 g/mol. The normalized spacial score (nSPS) is 13.6. The highest BCUT2D eigenvalue weighted by Gasteiger charge is 2.29. The van der Waals surface area contributed by atoms with Crippen LogP contribution in [0.4, 0.5) is 17.2 Å². The largest absolute Gasteiger partial charge is 0.384 e. The summed E-state index contributed by atoms with van der Waals surface area (Å²) in [6, 6.07) is 10.0. The Morgan fingerprint density at radius 2 is 2.05 bits per heavy atom. The maximum absolute atomic E-state index is 12.6. The minimum atomic E-state index is -0.463. The van der Waals surface area contributed by atoms with Gasteiger partial charge in [-0.25, -0.2) is 4.98 Å². The van der Waals surface area contributed by atoms with Crippen molar-refractivity contribution in [3.63, 3.8) is 0 Å². The molecule has 2 aromatic rings. The number of hydrogen-bond donors (Lipinski definition) is 2. The van der Waals surface area contributed by atoms with Crippen molar-refractivity contribution >= 4 is 40.6 Å². The number of aromatic nitrogens is 1. The van der Waals surface area contributed by atoms with Crippen LogP contribution in [0.5, 0.6) is 0 Å². The van der Waals surface area contributed by atoms with E-state index in [1.54, 1.807) is 24.3 Å². The molecule has 0 saturated carbocycles. The predicted molar refractivity (Wildman–Crippen MR) is 80.4 cm³/mol. The molecule has 0 atom stereocenters. The molecule has 1 aliphatic rings. The summed E-state index contributed by atoms with van der Waals surface area (Å²) in [5, 5.41) is 2.90. The van der Waals surface area contributed by atoms with Gasteiger partial charge < -0.3 is 11.1 Å². The fourth-order valence-electron chi connectivity index (χ4n) is 2.15. The van der Waals surface area contributed by atoms with E-state index in [9.17, 15) is 9.59 Å². The summed E-state index contributed by atoms with van der Waals surface area (Å²) in [7, 11) is 0. The molecule has 1 aromatic heterocycles. The molecule has 106 valence electrons. The summed E-state index contributed by atoms with van der Waals surface area (Å²) in [5.74, 6) is -0.547. The van der Waals surface area contributed by atoms with E-state index in [1.165, 1.54) is 17.0 Å². The number of carbonyl (C=O) groups is 2. The Labute approximate surface area is 125 Å². The second-order valence-corrected chi connectivity index (χ2v) is 4.93. The van der Waals surface area contributed by atoms with E-state index in [1.807, 2.05) is 0 Å². The first-order valence-electron chi connectivity index (χ1n) is 6.19. The van der Waals surface area contributed by atoms with Crippen molar-refractivity contribution in [3.8, 4) is 0 Å². The van der Waals surface area contributed by atoms with Gasteiger partial charge in [0.2, 0.25) is 5.91 Å². The number of hydrogen-bond acceptors (Lipinski definition) is 4. The van der Waals surface area contributed by atoms with Gasteiger partial charge in [0, 0.05) is 0 Å². The number of halogens is 1. The molecule has 1 aliphatic heterocycles. The number of para-hydroxylation sites is 2. The number of nitrogens with one attached hydrogen (secondary N) is 1. The molecular formula is C14H11ClN4O2. The van der Waals surface area contributed by atoms with Crippen molar-refractivity contribution in [2.45, 2.75) is 0 Å². The molecule has 0 bridgehead atoms. The number of rotatable bonds is 1. The highest BCUT2D eigenvalue weighted by atomic mass is 35.5. The Kier molecular flexibility index (Phi) is 3.23. The molecule has 0 aliphatic carbocycles. The molecule has 7 heteroatoms. The number of amides is 2. The Balaban J connectivity index is 2.06. The second kappa shape index (κ2) is 5.06. The van der Waals surface area contributed by atoms with Crippen molar-refractivity contribution in [2.75, 3.05) is 22.5 Å². The van der Waals surface area contributed by atoms with Crippen LogP contribution in [0.2, 0.25) is 5.02 Å². The van der Waals surface area contributed by atoms with Gasteiger partial charge in [0.1, 0.15) is 18.1 Å². The van der Waals surface area contributed by atoms with Gasteiger partial charge in [0.05, 0.1) is 16.4 Å². The van der Waals surface area contributed by atoms with Crippen molar-refractivity contribution in [1.82, 2.24) is 4.98 Å². The minimum absolute atomic E-state index is 0.0289. The van der Waals surface area contributed by atoms with Gasteiger partial charge in [0.15, 0.2) is 0 Å². The Bertz CT molecular complexity index is 748. The number of nitrogens with zero attached hydrogens (tertiary/aromatic N) is 2. The SMILES string of the molecule is Nc1ccc(Cl)c(C(=O)N2CC(=O)Nc3ccccc32)n1. The molecule has 0 fully saturated rings. The Hall–Kier alpha value is -2.60. The molecular weight excluding hydrogens is 292 g/mol. The van der Waals surface area contributed by atoms with Crippen LogP contribution in [0, 0.1) is 0 Å². The third kappa shape index (κ3) is 2.41. The summed E-state index contributed by atoms with van der Waals surface area (Å²) >= 11 is 6.01. The first-order chi connectivity index (χ1) is 10.1.